The molecule has 3 aromatic carbocycles. The molecule has 0 saturated carbocycles. The van der Waals surface area contributed by atoms with Crippen LogP contribution in [0.25, 0.3) is 11.0 Å². The third-order valence-electron chi connectivity index (χ3n) is 8.15. The van der Waals surface area contributed by atoms with E-state index in [1.54, 1.807) is 11.0 Å². The van der Waals surface area contributed by atoms with Crippen molar-refractivity contribution >= 4 is 28.5 Å². The number of halogens is 1. The monoisotopic (exact) mass is 601 g/mol. The van der Waals surface area contributed by atoms with Gasteiger partial charge in [-0.05, 0) is 67.6 Å². The molecule has 8 heteroatoms. The first-order chi connectivity index (χ1) is 20.9. The van der Waals surface area contributed by atoms with E-state index in [0.717, 1.165) is 61.7 Å². The summed E-state index contributed by atoms with van der Waals surface area (Å²) in [6.07, 6.45) is 1.36. The maximum absolute atomic E-state index is 13.4. The van der Waals surface area contributed by atoms with Crippen molar-refractivity contribution in [1.29, 1.82) is 0 Å². The Morgan fingerprint density at radius 3 is 2.30 bits per heavy atom. The predicted molar refractivity (Wildman–Crippen MR) is 172 cm³/mol. The highest BCUT2D eigenvalue weighted by atomic mass is 35.5. The molecule has 0 aliphatic carbocycles. The molecular formula is C35H40ClN3O4. The Hall–Kier alpha value is -3.65. The Bertz CT molecular complexity index is 1560. The number of amides is 1. The van der Waals surface area contributed by atoms with E-state index >= 15 is 0 Å². The maximum Gasteiger partial charge on any atom is 0.349 e. The summed E-state index contributed by atoms with van der Waals surface area (Å²) in [7, 11) is 0. The Morgan fingerprint density at radius 2 is 1.60 bits per heavy atom. The van der Waals surface area contributed by atoms with Crippen LogP contribution < -0.4 is 10.4 Å². The van der Waals surface area contributed by atoms with Crippen molar-refractivity contribution in [3.8, 4) is 5.75 Å². The molecule has 0 radical (unpaired) electrons. The summed E-state index contributed by atoms with van der Waals surface area (Å²) in [4.78, 5) is 33.2. The van der Waals surface area contributed by atoms with Gasteiger partial charge in [-0.3, -0.25) is 9.69 Å². The molecule has 1 amide bonds. The molecule has 1 aromatic heterocycles. The molecule has 2 heterocycles. The molecule has 7 nitrogen and oxygen atoms in total. The van der Waals surface area contributed by atoms with Crippen LogP contribution in [0.15, 0.2) is 82.0 Å². The Morgan fingerprint density at radius 1 is 0.907 bits per heavy atom. The van der Waals surface area contributed by atoms with Gasteiger partial charge in [-0.1, -0.05) is 54.1 Å². The summed E-state index contributed by atoms with van der Waals surface area (Å²) >= 11 is 6.01. The number of rotatable bonds is 12. The average Bonchev–Trinajstić information content (AvgIpc) is 3.02. The van der Waals surface area contributed by atoms with Gasteiger partial charge in [-0.2, -0.15) is 0 Å². The van der Waals surface area contributed by atoms with Crippen LogP contribution in [0.4, 0.5) is 0 Å². The molecule has 0 bridgehead atoms. The van der Waals surface area contributed by atoms with E-state index in [0.29, 0.717) is 43.0 Å². The Labute approximate surface area is 258 Å². The second-order valence-electron chi connectivity index (χ2n) is 11.0. The quantitative estimate of drug-likeness (QED) is 0.144. The standard InChI is InChI=1S/C35H40ClN3O4/c1-3-39(4-2)34(40)33-31(23-26-9-6-5-7-10-26)30-16-15-29(24-32(30)43-35(33)41)42-22-8-17-37-18-20-38(21-19-37)25-27-11-13-28(36)14-12-27/h5-7,9-16,24H,3-4,8,17-23,25H2,1-2H3. The summed E-state index contributed by atoms with van der Waals surface area (Å²) in [6, 6.07) is 23.6. The summed E-state index contributed by atoms with van der Waals surface area (Å²) in [5, 5.41) is 1.52. The number of carbonyl (C=O) groups is 1. The van der Waals surface area contributed by atoms with Gasteiger partial charge in [0.2, 0.25) is 0 Å². The van der Waals surface area contributed by atoms with E-state index in [4.69, 9.17) is 20.8 Å². The van der Waals surface area contributed by atoms with Crippen molar-refractivity contribution in [2.24, 2.45) is 0 Å². The molecule has 1 aliphatic rings. The molecule has 1 fully saturated rings. The lowest BCUT2D eigenvalue weighted by atomic mass is 9.96. The van der Waals surface area contributed by atoms with Gasteiger partial charge in [-0.15, -0.1) is 0 Å². The van der Waals surface area contributed by atoms with Crippen LogP contribution in [-0.2, 0) is 13.0 Å². The van der Waals surface area contributed by atoms with Crippen molar-refractivity contribution < 1.29 is 13.9 Å². The first-order valence-corrected chi connectivity index (χ1v) is 15.6. The fourth-order valence-electron chi connectivity index (χ4n) is 5.70. The lowest BCUT2D eigenvalue weighted by molar-refractivity contribution is 0.0768. The summed E-state index contributed by atoms with van der Waals surface area (Å²) in [6.45, 7) is 11.5. The minimum atomic E-state index is -0.609. The highest BCUT2D eigenvalue weighted by Gasteiger charge is 2.25. The zero-order valence-electron chi connectivity index (χ0n) is 25.1. The molecule has 0 N–H and O–H groups in total. The van der Waals surface area contributed by atoms with Gasteiger partial charge in [0.05, 0.1) is 6.61 Å². The van der Waals surface area contributed by atoms with E-state index in [2.05, 4.69) is 21.9 Å². The normalized spacial score (nSPS) is 14.2. The van der Waals surface area contributed by atoms with Gasteiger partial charge in [-0.25, -0.2) is 4.79 Å². The van der Waals surface area contributed by atoms with Crippen LogP contribution in [0, 0.1) is 0 Å². The molecule has 4 aromatic rings. The highest BCUT2D eigenvalue weighted by Crippen LogP contribution is 2.27. The van der Waals surface area contributed by atoms with Crippen LogP contribution in [0.5, 0.6) is 5.75 Å². The summed E-state index contributed by atoms with van der Waals surface area (Å²) in [5.74, 6) is 0.356. The maximum atomic E-state index is 13.4. The van der Waals surface area contributed by atoms with Crippen LogP contribution in [0.3, 0.4) is 0 Å². The number of benzene rings is 3. The zero-order valence-corrected chi connectivity index (χ0v) is 25.8. The highest BCUT2D eigenvalue weighted by molar-refractivity contribution is 6.30. The molecule has 226 valence electrons. The number of piperazine rings is 1. The minimum Gasteiger partial charge on any atom is -0.493 e. The number of hydrogen-bond acceptors (Lipinski definition) is 6. The van der Waals surface area contributed by atoms with Crippen LogP contribution in [0.1, 0.15) is 47.3 Å². The van der Waals surface area contributed by atoms with Crippen molar-refractivity contribution in [3.63, 3.8) is 0 Å². The van der Waals surface area contributed by atoms with E-state index in [-0.39, 0.29) is 11.5 Å². The molecule has 0 unspecified atom stereocenters. The van der Waals surface area contributed by atoms with Gasteiger partial charge >= 0.3 is 5.63 Å². The fraction of sp³-hybridized carbons (Fsp3) is 0.371. The van der Waals surface area contributed by atoms with Gasteiger partial charge in [0.25, 0.3) is 5.91 Å². The van der Waals surface area contributed by atoms with E-state index < -0.39 is 5.63 Å². The number of carbonyl (C=O) groups excluding carboxylic acids is 1. The second-order valence-corrected chi connectivity index (χ2v) is 11.4. The molecular weight excluding hydrogens is 562 g/mol. The molecule has 5 rings (SSSR count). The molecule has 43 heavy (non-hydrogen) atoms. The average molecular weight is 602 g/mol. The number of fused-ring (bicyclic) bond motifs is 1. The van der Waals surface area contributed by atoms with E-state index in [1.165, 1.54) is 5.56 Å². The van der Waals surface area contributed by atoms with Crippen molar-refractivity contribution in [1.82, 2.24) is 14.7 Å². The summed E-state index contributed by atoms with van der Waals surface area (Å²) in [5.41, 5.74) is 2.94. The SMILES string of the molecule is CCN(CC)C(=O)c1c(Cc2ccccc2)c2ccc(OCCCN3CCN(Cc4ccc(Cl)cc4)CC3)cc2oc1=O. The van der Waals surface area contributed by atoms with E-state index in [9.17, 15) is 9.59 Å². The number of nitrogens with zero attached hydrogens (tertiary/aromatic N) is 3. The van der Waals surface area contributed by atoms with E-state index in [1.807, 2.05) is 68.4 Å². The fourth-order valence-corrected chi connectivity index (χ4v) is 5.83. The third-order valence-corrected chi connectivity index (χ3v) is 8.40. The molecule has 0 spiro atoms. The smallest absolute Gasteiger partial charge is 0.349 e. The Kier molecular flexibility index (Phi) is 10.5. The van der Waals surface area contributed by atoms with Gasteiger partial charge in [0.15, 0.2) is 0 Å². The first-order valence-electron chi connectivity index (χ1n) is 15.2. The second kappa shape index (κ2) is 14.7. The van der Waals surface area contributed by atoms with Crippen molar-refractivity contribution in [2.45, 2.75) is 33.2 Å². The zero-order chi connectivity index (χ0) is 30.2. The minimum absolute atomic E-state index is 0.113. The molecule has 1 saturated heterocycles. The predicted octanol–water partition coefficient (Wildman–Crippen LogP) is 6.11. The van der Waals surface area contributed by atoms with Crippen molar-refractivity contribution in [3.05, 3.63) is 110 Å². The first kappa shape index (κ1) is 30.8. The van der Waals surface area contributed by atoms with Gasteiger partial charge in [0, 0.05) is 68.8 Å². The third kappa shape index (κ3) is 7.85. The Balaban J connectivity index is 1.21. The lowest BCUT2D eigenvalue weighted by Crippen LogP contribution is -2.46. The largest absolute Gasteiger partial charge is 0.493 e. The molecule has 1 aliphatic heterocycles. The van der Waals surface area contributed by atoms with Crippen molar-refractivity contribution in [2.75, 3.05) is 52.4 Å². The topological polar surface area (TPSA) is 66.2 Å². The van der Waals surface area contributed by atoms with Gasteiger partial charge in [0.1, 0.15) is 16.9 Å². The van der Waals surface area contributed by atoms with Crippen LogP contribution >= 0.6 is 11.6 Å². The molecule has 0 atom stereocenters. The number of hydrogen-bond donors (Lipinski definition) is 0. The summed E-state index contributed by atoms with van der Waals surface area (Å²) < 4.78 is 11.8. The number of ether oxygens (including phenoxy) is 1. The van der Waals surface area contributed by atoms with Crippen LogP contribution in [-0.4, -0.2) is 73.0 Å². The van der Waals surface area contributed by atoms with Crippen LogP contribution in [0.2, 0.25) is 5.02 Å². The van der Waals surface area contributed by atoms with Gasteiger partial charge < -0.3 is 19.0 Å². The lowest BCUT2D eigenvalue weighted by Gasteiger charge is -2.34.